The van der Waals surface area contributed by atoms with Gasteiger partial charge in [0.15, 0.2) is 0 Å². The summed E-state index contributed by atoms with van der Waals surface area (Å²) in [5, 5.41) is 11.1. The van der Waals surface area contributed by atoms with Gasteiger partial charge < -0.3 is 5.32 Å². The Morgan fingerprint density at radius 3 is 2.75 bits per heavy atom. The maximum atomic E-state index is 13.4. The van der Waals surface area contributed by atoms with Gasteiger partial charge in [-0.05, 0) is 31.0 Å². The molecule has 0 saturated heterocycles. The third-order valence-corrected chi connectivity index (χ3v) is 2.83. The van der Waals surface area contributed by atoms with Crippen LogP contribution in [0.1, 0.15) is 24.8 Å². The third-order valence-electron chi connectivity index (χ3n) is 2.83. The van der Waals surface area contributed by atoms with Crippen molar-refractivity contribution in [3.8, 4) is 6.07 Å². The molecular formula is C12H11FN2O. The summed E-state index contributed by atoms with van der Waals surface area (Å²) in [5.41, 5.74) is 0.398. The van der Waals surface area contributed by atoms with E-state index in [-0.39, 0.29) is 23.1 Å². The smallest absolute Gasteiger partial charge is 0.227 e. The van der Waals surface area contributed by atoms with Crippen molar-refractivity contribution in [2.24, 2.45) is 5.92 Å². The standard InChI is InChI=1S/C12H11FN2O/c13-10-6-8(7-14)4-5-11(10)15-12(16)9-2-1-3-9/h4-6,9H,1-3H2,(H,15,16). The molecule has 1 aliphatic carbocycles. The largest absolute Gasteiger partial charge is 0.323 e. The predicted molar refractivity (Wildman–Crippen MR) is 57.1 cm³/mol. The topological polar surface area (TPSA) is 52.9 Å². The predicted octanol–water partition coefficient (Wildman–Crippen LogP) is 2.44. The zero-order valence-corrected chi connectivity index (χ0v) is 8.66. The van der Waals surface area contributed by atoms with Crippen molar-refractivity contribution < 1.29 is 9.18 Å². The van der Waals surface area contributed by atoms with Crippen molar-refractivity contribution >= 4 is 11.6 Å². The van der Waals surface area contributed by atoms with E-state index in [0.29, 0.717) is 0 Å². The van der Waals surface area contributed by atoms with Gasteiger partial charge >= 0.3 is 0 Å². The molecule has 0 bridgehead atoms. The van der Waals surface area contributed by atoms with Crippen LogP contribution in [-0.4, -0.2) is 5.91 Å². The van der Waals surface area contributed by atoms with Gasteiger partial charge in [0, 0.05) is 5.92 Å². The molecule has 0 atom stereocenters. The van der Waals surface area contributed by atoms with Gasteiger partial charge in [-0.15, -0.1) is 0 Å². The molecule has 1 aliphatic rings. The number of nitriles is 1. The van der Waals surface area contributed by atoms with Crippen molar-refractivity contribution in [1.29, 1.82) is 5.26 Å². The molecule has 1 amide bonds. The lowest BCUT2D eigenvalue weighted by molar-refractivity contribution is -0.122. The maximum Gasteiger partial charge on any atom is 0.227 e. The van der Waals surface area contributed by atoms with Crippen LogP contribution in [0.3, 0.4) is 0 Å². The zero-order valence-electron chi connectivity index (χ0n) is 8.66. The Morgan fingerprint density at radius 1 is 1.50 bits per heavy atom. The number of benzene rings is 1. The van der Waals surface area contributed by atoms with E-state index in [1.54, 1.807) is 0 Å². The van der Waals surface area contributed by atoms with Gasteiger partial charge in [-0.2, -0.15) is 5.26 Å². The second-order valence-electron chi connectivity index (χ2n) is 3.92. The highest BCUT2D eigenvalue weighted by molar-refractivity contribution is 5.93. The average Bonchev–Trinajstić information content (AvgIpc) is 2.18. The summed E-state index contributed by atoms with van der Waals surface area (Å²) < 4.78 is 13.4. The zero-order chi connectivity index (χ0) is 11.5. The summed E-state index contributed by atoms with van der Waals surface area (Å²) in [6, 6.07) is 5.87. The second-order valence-corrected chi connectivity index (χ2v) is 3.92. The van der Waals surface area contributed by atoms with Crippen LogP contribution in [0, 0.1) is 23.1 Å². The Balaban J connectivity index is 2.09. The van der Waals surface area contributed by atoms with Gasteiger partial charge in [-0.3, -0.25) is 4.79 Å². The molecule has 2 rings (SSSR count). The molecular weight excluding hydrogens is 207 g/mol. The highest BCUT2D eigenvalue weighted by Crippen LogP contribution is 2.28. The minimum Gasteiger partial charge on any atom is -0.323 e. The number of nitrogens with one attached hydrogen (secondary N) is 1. The quantitative estimate of drug-likeness (QED) is 0.828. The Morgan fingerprint density at radius 2 is 2.25 bits per heavy atom. The minimum atomic E-state index is -0.563. The van der Waals surface area contributed by atoms with E-state index in [0.717, 1.165) is 25.3 Å². The Bertz CT molecular complexity index is 461. The van der Waals surface area contributed by atoms with Crippen molar-refractivity contribution in [3.05, 3.63) is 29.6 Å². The maximum absolute atomic E-state index is 13.4. The van der Waals surface area contributed by atoms with Crippen LogP contribution in [0.25, 0.3) is 0 Å². The number of hydrogen-bond donors (Lipinski definition) is 1. The molecule has 0 aromatic heterocycles. The molecule has 1 saturated carbocycles. The lowest BCUT2D eigenvalue weighted by Gasteiger charge is -2.24. The average molecular weight is 218 g/mol. The van der Waals surface area contributed by atoms with E-state index in [9.17, 15) is 9.18 Å². The van der Waals surface area contributed by atoms with Crippen LogP contribution in [-0.2, 0) is 4.79 Å². The first-order valence-electron chi connectivity index (χ1n) is 5.21. The van der Waals surface area contributed by atoms with Gasteiger partial charge in [0.05, 0.1) is 17.3 Å². The van der Waals surface area contributed by atoms with Crippen molar-refractivity contribution in [1.82, 2.24) is 0 Å². The lowest BCUT2D eigenvalue weighted by Crippen LogP contribution is -2.28. The number of anilines is 1. The number of amides is 1. The van der Waals surface area contributed by atoms with Crippen LogP contribution in [0.15, 0.2) is 18.2 Å². The first-order chi connectivity index (χ1) is 7.70. The summed E-state index contributed by atoms with van der Waals surface area (Å²) in [6.45, 7) is 0. The van der Waals surface area contributed by atoms with E-state index < -0.39 is 5.82 Å². The Kier molecular flexibility index (Phi) is 2.86. The van der Waals surface area contributed by atoms with Crippen LogP contribution in [0.4, 0.5) is 10.1 Å². The number of nitrogens with zero attached hydrogens (tertiary/aromatic N) is 1. The molecule has 0 radical (unpaired) electrons. The fourth-order valence-corrected chi connectivity index (χ4v) is 1.59. The van der Waals surface area contributed by atoms with Crippen molar-refractivity contribution in [2.45, 2.75) is 19.3 Å². The Labute approximate surface area is 92.9 Å². The number of halogens is 1. The molecule has 1 aromatic carbocycles. The van der Waals surface area contributed by atoms with Gasteiger partial charge in [-0.1, -0.05) is 6.42 Å². The highest BCUT2D eigenvalue weighted by atomic mass is 19.1. The summed E-state index contributed by atoms with van der Waals surface area (Å²) in [4.78, 5) is 11.6. The van der Waals surface area contributed by atoms with Gasteiger partial charge in [0.1, 0.15) is 5.82 Å². The van der Waals surface area contributed by atoms with E-state index in [4.69, 9.17) is 5.26 Å². The van der Waals surface area contributed by atoms with Crippen LogP contribution < -0.4 is 5.32 Å². The molecule has 1 N–H and O–H groups in total. The summed E-state index contributed by atoms with van der Waals surface area (Å²) in [5.74, 6) is -0.670. The van der Waals surface area contributed by atoms with E-state index in [2.05, 4.69) is 5.32 Å². The first kappa shape index (κ1) is 10.6. The monoisotopic (exact) mass is 218 g/mol. The van der Waals surface area contributed by atoms with Gasteiger partial charge in [-0.25, -0.2) is 4.39 Å². The normalized spacial score (nSPS) is 15.0. The summed E-state index contributed by atoms with van der Waals surface area (Å²) in [6.07, 6.45) is 2.82. The SMILES string of the molecule is N#Cc1ccc(NC(=O)C2CCC2)c(F)c1. The summed E-state index contributed by atoms with van der Waals surface area (Å²) in [7, 11) is 0. The number of hydrogen-bond acceptors (Lipinski definition) is 2. The first-order valence-corrected chi connectivity index (χ1v) is 5.21. The number of carbonyl (C=O) groups is 1. The van der Waals surface area contributed by atoms with Crippen molar-refractivity contribution in [3.63, 3.8) is 0 Å². The van der Waals surface area contributed by atoms with Gasteiger partial charge in [0.2, 0.25) is 5.91 Å². The molecule has 1 aromatic rings. The number of rotatable bonds is 2. The molecule has 1 fully saturated rings. The molecule has 4 heteroatoms. The lowest BCUT2D eigenvalue weighted by atomic mass is 9.85. The molecule has 3 nitrogen and oxygen atoms in total. The van der Waals surface area contributed by atoms with Crippen LogP contribution in [0.5, 0.6) is 0 Å². The molecule has 82 valence electrons. The molecule has 16 heavy (non-hydrogen) atoms. The molecule has 0 aliphatic heterocycles. The summed E-state index contributed by atoms with van der Waals surface area (Å²) >= 11 is 0. The second kappa shape index (κ2) is 4.31. The van der Waals surface area contributed by atoms with Crippen molar-refractivity contribution in [2.75, 3.05) is 5.32 Å². The Hall–Kier alpha value is -1.89. The van der Waals surface area contributed by atoms with E-state index >= 15 is 0 Å². The molecule has 0 unspecified atom stereocenters. The molecule has 0 heterocycles. The van der Waals surface area contributed by atoms with E-state index in [1.807, 2.05) is 6.07 Å². The number of carbonyl (C=O) groups excluding carboxylic acids is 1. The van der Waals surface area contributed by atoms with E-state index in [1.165, 1.54) is 12.1 Å². The third kappa shape index (κ3) is 2.03. The highest BCUT2D eigenvalue weighted by Gasteiger charge is 2.25. The van der Waals surface area contributed by atoms with Crippen LogP contribution in [0.2, 0.25) is 0 Å². The minimum absolute atomic E-state index is 0.0232. The van der Waals surface area contributed by atoms with Crippen LogP contribution >= 0.6 is 0 Å². The fraction of sp³-hybridized carbons (Fsp3) is 0.333. The molecule has 0 spiro atoms. The fourth-order valence-electron chi connectivity index (χ4n) is 1.59. The van der Waals surface area contributed by atoms with Gasteiger partial charge in [0.25, 0.3) is 0 Å².